The summed E-state index contributed by atoms with van der Waals surface area (Å²) in [4.78, 5) is 3.83. The van der Waals surface area contributed by atoms with Gasteiger partial charge < -0.3 is 9.47 Å². The summed E-state index contributed by atoms with van der Waals surface area (Å²) in [5, 5.41) is 0. The Balaban J connectivity index is 1.84. The number of alkyl halides is 3. The first kappa shape index (κ1) is 20.5. The lowest BCUT2D eigenvalue weighted by molar-refractivity contribution is -0.149. The van der Waals surface area contributed by atoms with Gasteiger partial charge in [0, 0.05) is 26.1 Å². The predicted molar refractivity (Wildman–Crippen MR) is 91.4 cm³/mol. The number of piperidine rings is 2. The summed E-state index contributed by atoms with van der Waals surface area (Å²) in [6.45, 7) is 7.40. The van der Waals surface area contributed by atoms with Crippen LogP contribution in [0.2, 0.25) is 0 Å². The Morgan fingerprint density at radius 3 is 2.44 bits per heavy atom. The highest BCUT2D eigenvalue weighted by Gasteiger charge is 2.34. The summed E-state index contributed by atoms with van der Waals surface area (Å²) >= 11 is 0. The molecule has 0 aromatic heterocycles. The maximum absolute atomic E-state index is 12.6. The molecular formula is C18H31F3N2O2. The second kappa shape index (κ2) is 9.78. The van der Waals surface area contributed by atoms with Crippen molar-refractivity contribution in [2.75, 3.05) is 53.0 Å². The highest BCUT2D eigenvalue weighted by molar-refractivity contribution is 4.96. The van der Waals surface area contributed by atoms with E-state index in [1.54, 1.807) is 7.11 Å². The standard InChI is InChI=1S/C18H31F3N2O2/c1-15(16-7-6-10-23(11-16)14-18(19,20)21)25-17(13-24-2)12-22-8-4-3-5-9-22/h16-17H,1,3-14H2,2H3. The van der Waals surface area contributed by atoms with Gasteiger partial charge >= 0.3 is 6.18 Å². The van der Waals surface area contributed by atoms with Gasteiger partial charge in [-0.3, -0.25) is 9.80 Å². The molecule has 0 aromatic carbocycles. The molecule has 0 N–H and O–H groups in total. The van der Waals surface area contributed by atoms with Crippen LogP contribution in [0.4, 0.5) is 13.2 Å². The number of rotatable bonds is 8. The fourth-order valence-electron chi connectivity index (χ4n) is 3.77. The van der Waals surface area contributed by atoms with Crippen molar-refractivity contribution in [3.8, 4) is 0 Å². The average molecular weight is 364 g/mol. The molecule has 0 radical (unpaired) electrons. The van der Waals surface area contributed by atoms with Crippen molar-refractivity contribution in [3.05, 3.63) is 12.3 Å². The number of nitrogens with zero attached hydrogens (tertiary/aromatic N) is 2. The second-order valence-corrected chi connectivity index (χ2v) is 7.21. The number of likely N-dealkylation sites (tertiary alicyclic amines) is 2. The molecule has 0 bridgehead atoms. The van der Waals surface area contributed by atoms with Crippen LogP contribution in [-0.2, 0) is 9.47 Å². The molecule has 0 aliphatic carbocycles. The number of hydrogen-bond donors (Lipinski definition) is 0. The summed E-state index contributed by atoms with van der Waals surface area (Å²) in [5.74, 6) is 0.558. The zero-order valence-corrected chi connectivity index (χ0v) is 15.2. The zero-order valence-electron chi connectivity index (χ0n) is 15.2. The first-order valence-corrected chi connectivity index (χ1v) is 9.23. The normalized spacial score (nSPS) is 24.9. The van der Waals surface area contributed by atoms with Gasteiger partial charge in [0.05, 0.1) is 18.9 Å². The van der Waals surface area contributed by atoms with Crippen LogP contribution in [0, 0.1) is 5.92 Å². The molecule has 0 amide bonds. The Bertz CT molecular complexity index is 412. The van der Waals surface area contributed by atoms with E-state index in [1.165, 1.54) is 24.2 Å². The van der Waals surface area contributed by atoms with Crippen LogP contribution in [0.25, 0.3) is 0 Å². The van der Waals surface area contributed by atoms with Crippen molar-refractivity contribution < 1.29 is 22.6 Å². The van der Waals surface area contributed by atoms with Crippen molar-refractivity contribution in [2.45, 2.75) is 44.4 Å². The van der Waals surface area contributed by atoms with E-state index in [-0.39, 0.29) is 12.0 Å². The third-order valence-corrected chi connectivity index (χ3v) is 4.94. The topological polar surface area (TPSA) is 24.9 Å². The fraction of sp³-hybridized carbons (Fsp3) is 0.889. The molecule has 2 aliphatic heterocycles. The molecule has 4 nitrogen and oxygen atoms in total. The van der Waals surface area contributed by atoms with Crippen LogP contribution in [0.5, 0.6) is 0 Å². The summed E-state index contributed by atoms with van der Waals surface area (Å²) in [7, 11) is 1.64. The maximum atomic E-state index is 12.6. The van der Waals surface area contributed by atoms with E-state index in [1.807, 2.05) is 0 Å². The van der Waals surface area contributed by atoms with Gasteiger partial charge in [-0.15, -0.1) is 0 Å². The van der Waals surface area contributed by atoms with Crippen LogP contribution >= 0.6 is 0 Å². The molecule has 0 saturated carbocycles. The van der Waals surface area contributed by atoms with Crippen molar-refractivity contribution in [1.29, 1.82) is 0 Å². The summed E-state index contributed by atoms with van der Waals surface area (Å²) < 4.78 is 49.2. The number of methoxy groups -OCH3 is 1. The summed E-state index contributed by atoms with van der Waals surface area (Å²) in [6, 6.07) is 0. The molecular weight excluding hydrogens is 333 g/mol. The Kier molecular flexibility index (Phi) is 8.03. The van der Waals surface area contributed by atoms with Crippen LogP contribution in [0.15, 0.2) is 12.3 Å². The largest absolute Gasteiger partial charge is 0.491 e. The van der Waals surface area contributed by atoms with Crippen molar-refractivity contribution >= 4 is 0 Å². The van der Waals surface area contributed by atoms with E-state index in [2.05, 4.69) is 11.5 Å². The number of halogens is 3. The third kappa shape index (κ3) is 7.54. The quantitative estimate of drug-likeness (QED) is 0.617. The van der Waals surface area contributed by atoms with Gasteiger partial charge in [0.15, 0.2) is 0 Å². The lowest BCUT2D eigenvalue weighted by Gasteiger charge is -2.36. The third-order valence-electron chi connectivity index (χ3n) is 4.94. The fourth-order valence-corrected chi connectivity index (χ4v) is 3.77. The van der Waals surface area contributed by atoms with Crippen LogP contribution in [-0.4, -0.2) is 75.1 Å². The monoisotopic (exact) mass is 364 g/mol. The van der Waals surface area contributed by atoms with Crippen LogP contribution < -0.4 is 0 Å². The average Bonchev–Trinajstić information content (AvgIpc) is 2.54. The minimum Gasteiger partial charge on any atom is -0.491 e. The Morgan fingerprint density at radius 2 is 1.80 bits per heavy atom. The van der Waals surface area contributed by atoms with Gasteiger partial charge in [0.2, 0.25) is 0 Å². The predicted octanol–water partition coefficient (Wildman–Crippen LogP) is 3.29. The molecule has 2 unspecified atom stereocenters. The molecule has 2 aliphatic rings. The summed E-state index contributed by atoms with van der Waals surface area (Å²) in [5.41, 5.74) is 0. The molecule has 2 fully saturated rings. The van der Waals surface area contributed by atoms with Gasteiger partial charge in [-0.2, -0.15) is 13.2 Å². The number of ether oxygens (including phenoxy) is 2. The Labute approximate surface area is 148 Å². The molecule has 0 spiro atoms. The van der Waals surface area contributed by atoms with E-state index >= 15 is 0 Å². The Hall–Kier alpha value is -0.790. The molecule has 0 aromatic rings. The van der Waals surface area contributed by atoms with E-state index in [4.69, 9.17) is 9.47 Å². The Morgan fingerprint density at radius 1 is 1.12 bits per heavy atom. The maximum Gasteiger partial charge on any atom is 0.401 e. The lowest BCUT2D eigenvalue weighted by atomic mass is 9.96. The highest BCUT2D eigenvalue weighted by Crippen LogP contribution is 2.27. The van der Waals surface area contributed by atoms with Gasteiger partial charge in [0.25, 0.3) is 0 Å². The minimum absolute atomic E-state index is 0.0446. The SMILES string of the molecule is C=C(OC(COC)CN1CCCCC1)C1CCCN(CC(F)(F)F)C1. The molecule has 146 valence electrons. The molecule has 2 rings (SSSR count). The van der Waals surface area contributed by atoms with E-state index < -0.39 is 12.7 Å². The van der Waals surface area contributed by atoms with Crippen molar-refractivity contribution in [1.82, 2.24) is 9.80 Å². The molecule has 7 heteroatoms. The number of hydrogen-bond acceptors (Lipinski definition) is 4. The van der Waals surface area contributed by atoms with Gasteiger partial charge in [0.1, 0.15) is 6.10 Å². The smallest absolute Gasteiger partial charge is 0.401 e. The van der Waals surface area contributed by atoms with Crippen molar-refractivity contribution in [2.24, 2.45) is 5.92 Å². The highest BCUT2D eigenvalue weighted by atomic mass is 19.4. The van der Waals surface area contributed by atoms with E-state index in [0.717, 1.165) is 32.5 Å². The van der Waals surface area contributed by atoms with E-state index in [0.29, 0.717) is 25.5 Å². The molecule has 2 atom stereocenters. The van der Waals surface area contributed by atoms with E-state index in [9.17, 15) is 13.2 Å². The van der Waals surface area contributed by atoms with Crippen molar-refractivity contribution in [3.63, 3.8) is 0 Å². The lowest BCUT2D eigenvalue weighted by Crippen LogP contribution is -2.43. The van der Waals surface area contributed by atoms with Gasteiger partial charge in [-0.1, -0.05) is 13.0 Å². The molecule has 25 heavy (non-hydrogen) atoms. The van der Waals surface area contributed by atoms with Gasteiger partial charge in [-0.05, 0) is 45.3 Å². The minimum atomic E-state index is -4.16. The molecule has 2 heterocycles. The van der Waals surface area contributed by atoms with Crippen LogP contribution in [0.3, 0.4) is 0 Å². The molecule has 2 saturated heterocycles. The first-order chi connectivity index (χ1) is 11.9. The first-order valence-electron chi connectivity index (χ1n) is 9.23. The van der Waals surface area contributed by atoms with Crippen LogP contribution in [0.1, 0.15) is 32.1 Å². The summed E-state index contributed by atoms with van der Waals surface area (Å²) in [6.07, 6.45) is 0.979. The zero-order chi connectivity index (χ0) is 18.3. The second-order valence-electron chi connectivity index (χ2n) is 7.21. The van der Waals surface area contributed by atoms with Gasteiger partial charge in [-0.25, -0.2) is 0 Å².